The molecule has 1 aliphatic heterocycles. The number of fused-ring (bicyclic) bond motifs is 1. The van der Waals surface area contributed by atoms with E-state index in [0.29, 0.717) is 13.0 Å². The van der Waals surface area contributed by atoms with Gasteiger partial charge in [0.2, 0.25) is 0 Å². The lowest BCUT2D eigenvalue weighted by molar-refractivity contribution is 0.183. The van der Waals surface area contributed by atoms with Crippen LogP contribution in [-0.4, -0.2) is 48.2 Å². The predicted molar refractivity (Wildman–Crippen MR) is 115 cm³/mol. The number of rotatable bonds is 5. The average Bonchev–Trinajstić information content (AvgIpc) is 3.03. The van der Waals surface area contributed by atoms with Crippen LogP contribution in [0.5, 0.6) is 0 Å². The lowest BCUT2D eigenvalue weighted by atomic mass is 9.82. The van der Waals surface area contributed by atoms with E-state index in [9.17, 15) is 5.11 Å². The van der Waals surface area contributed by atoms with E-state index in [4.69, 9.17) is 4.99 Å². The summed E-state index contributed by atoms with van der Waals surface area (Å²) in [5, 5.41) is 13.7. The fourth-order valence-electron chi connectivity index (χ4n) is 4.15. The number of nitrogens with one attached hydrogen (secondary N) is 1. The summed E-state index contributed by atoms with van der Waals surface area (Å²) in [6.07, 6.45) is 5.76. The minimum atomic E-state index is -0.425. The summed E-state index contributed by atoms with van der Waals surface area (Å²) in [6, 6.07) is 10.2. The zero-order valence-corrected chi connectivity index (χ0v) is 17.6. The molecular weight excluding hydrogens is 425 g/mol. The lowest BCUT2D eigenvalue weighted by Gasteiger charge is -2.22. The van der Waals surface area contributed by atoms with Crippen molar-refractivity contribution < 1.29 is 5.11 Å². The monoisotopic (exact) mass is 457 g/mol. The van der Waals surface area contributed by atoms with Crippen LogP contribution in [0.2, 0.25) is 0 Å². The van der Waals surface area contributed by atoms with Crippen molar-refractivity contribution in [2.75, 3.05) is 26.2 Å². The van der Waals surface area contributed by atoms with Gasteiger partial charge in [-0.3, -0.25) is 4.99 Å². The molecule has 1 aromatic carbocycles. The molecule has 0 bridgehead atoms. The van der Waals surface area contributed by atoms with Gasteiger partial charge >= 0.3 is 0 Å². The Morgan fingerprint density at radius 3 is 2.44 bits per heavy atom. The van der Waals surface area contributed by atoms with E-state index >= 15 is 0 Å². The van der Waals surface area contributed by atoms with Gasteiger partial charge in [0.1, 0.15) is 0 Å². The van der Waals surface area contributed by atoms with Crippen LogP contribution in [0, 0.1) is 11.8 Å². The number of aliphatic hydroxyl groups excluding tert-OH is 1. The highest BCUT2D eigenvalue weighted by Crippen LogP contribution is 2.35. The normalized spacial score (nSPS) is 24.4. The number of nitrogens with zero attached hydrogens (tertiary/aromatic N) is 2. The summed E-state index contributed by atoms with van der Waals surface area (Å²) < 4.78 is 0. The number of halogens is 1. The van der Waals surface area contributed by atoms with Crippen LogP contribution in [0.1, 0.15) is 38.2 Å². The number of likely N-dealkylation sites (tertiary alicyclic amines) is 1. The molecular formula is C20H32IN3O. The maximum atomic E-state index is 10.3. The fourth-order valence-corrected chi connectivity index (χ4v) is 4.15. The summed E-state index contributed by atoms with van der Waals surface area (Å²) in [6.45, 7) is 5.71. The number of benzene rings is 1. The van der Waals surface area contributed by atoms with Gasteiger partial charge in [0.25, 0.3) is 0 Å². The molecule has 0 aromatic heterocycles. The molecule has 2 fully saturated rings. The maximum absolute atomic E-state index is 10.3. The molecule has 3 rings (SSSR count). The predicted octanol–water partition coefficient (Wildman–Crippen LogP) is 3.30. The highest BCUT2D eigenvalue weighted by atomic mass is 127. The topological polar surface area (TPSA) is 47.9 Å². The first-order valence-electron chi connectivity index (χ1n) is 9.51. The van der Waals surface area contributed by atoms with Gasteiger partial charge in [0.15, 0.2) is 5.96 Å². The first kappa shape index (κ1) is 20.5. The van der Waals surface area contributed by atoms with Crippen LogP contribution in [-0.2, 0) is 6.42 Å². The van der Waals surface area contributed by atoms with Gasteiger partial charge in [0.05, 0.1) is 12.6 Å². The Morgan fingerprint density at radius 1 is 1.20 bits per heavy atom. The van der Waals surface area contributed by atoms with E-state index in [2.05, 4.69) is 29.3 Å². The molecule has 140 valence electrons. The third kappa shape index (κ3) is 5.84. The summed E-state index contributed by atoms with van der Waals surface area (Å²) in [5.74, 6) is 2.67. The largest absolute Gasteiger partial charge is 0.391 e. The third-order valence-electron chi connectivity index (χ3n) is 5.38. The van der Waals surface area contributed by atoms with Gasteiger partial charge in [-0.1, -0.05) is 43.2 Å². The quantitative estimate of drug-likeness (QED) is 0.405. The Bertz CT molecular complexity index is 523. The molecule has 2 N–H and O–H groups in total. The second-order valence-electron chi connectivity index (χ2n) is 7.25. The van der Waals surface area contributed by atoms with E-state index in [1.54, 1.807) is 0 Å². The van der Waals surface area contributed by atoms with E-state index < -0.39 is 6.10 Å². The number of aliphatic imine (C=N–C) groups is 1. The van der Waals surface area contributed by atoms with Crippen molar-refractivity contribution in [3.05, 3.63) is 35.9 Å². The number of guanidine groups is 1. The van der Waals surface area contributed by atoms with E-state index in [1.807, 2.05) is 18.2 Å². The van der Waals surface area contributed by atoms with Gasteiger partial charge in [-0.25, -0.2) is 0 Å². The van der Waals surface area contributed by atoms with Crippen molar-refractivity contribution in [1.82, 2.24) is 10.2 Å². The van der Waals surface area contributed by atoms with Crippen LogP contribution < -0.4 is 5.32 Å². The third-order valence-corrected chi connectivity index (χ3v) is 5.38. The standard InChI is InChI=1S/C20H31N3O.HI/c1-2-21-20(23-14-17-10-6-7-11-18(17)15-23)22-13-19(24)12-16-8-4-3-5-9-16;/h3-5,8-9,17-19,24H,2,6-7,10-15H2,1H3,(H,21,22);1H. The molecule has 3 atom stereocenters. The highest BCUT2D eigenvalue weighted by molar-refractivity contribution is 14.0. The maximum Gasteiger partial charge on any atom is 0.194 e. The minimum Gasteiger partial charge on any atom is -0.391 e. The summed E-state index contributed by atoms with van der Waals surface area (Å²) >= 11 is 0. The minimum absolute atomic E-state index is 0. The van der Waals surface area contributed by atoms with Crippen LogP contribution >= 0.6 is 24.0 Å². The highest BCUT2D eigenvalue weighted by Gasteiger charge is 2.35. The van der Waals surface area contributed by atoms with Gasteiger partial charge in [-0.15, -0.1) is 24.0 Å². The Kier molecular flexibility index (Phi) is 8.49. The van der Waals surface area contributed by atoms with Crippen molar-refractivity contribution >= 4 is 29.9 Å². The van der Waals surface area contributed by atoms with Crippen molar-refractivity contribution in [2.24, 2.45) is 16.8 Å². The molecule has 0 spiro atoms. The molecule has 3 unspecified atom stereocenters. The van der Waals surface area contributed by atoms with Gasteiger partial charge in [0, 0.05) is 26.1 Å². The van der Waals surface area contributed by atoms with E-state index in [1.165, 1.54) is 25.7 Å². The molecule has 4 nitrogen and oxygen atoms in total. The number of hydrogen-bond donors (Lipinski definition) is 2. The smallest absolute Gasteiger partial charge is 0.194 e. The van der Waals surface area contributed by atoms with Crippen molar-refractivity contribution in [3.8, 4) is 0 Å². The fraction of sp³-hybridized carbons (Fsp3) is 0.650. The van der Waals surface area contributed by atoms with Crippen LogP contribution in [0.3, 0.4) is 0 Å². The molecule has 1 saturated heterocycles. The van der Waals surface area contributed by atoms with Crippen molar-refractivity contribution in [2.45, 2.75) is 45.1 Å². The second kappa shape index (κ2) is 10.4. The van der Waals surface area contributed by atoms with Crippen LogP contribution in [0.15, 0.2) is 35.3 Å². The zero-order chi connectivity index (χ0) is 16.8. The Balaban J connectivity index is 0.00000225. The first-order valence-corrected chi connectivity index (χ1v) is 9.51. The van der Waals surface area contributed by atoms with Gasteiger partial charge < -0.3 is 15.3 Å². The van der Waals surface area contributed by atoms with Crippen LogP contribution in [0.4, 0.5) is 0 Å². The second-order valence-corrected chi connectivity index (χ2v) is 7.25. The van der Waals surface area contributed by atoms with E-state index in [0.717, 1.165) is 43.0 Å². The molecule has 0 amide bonds. The Labute approximate surface area is 169 Å². The zero-order valence-electron chi connectivity index (χ0n) is 15.2. The summed E-state index contributed by atoms with van der Waals surface area (Å²) in [7, 11) is 0. The lowest BCUT2D eigenvalue weighted by Crippen LogP contribution is -2.41. The van der Waals surface area contributed by atoms with Crippen molar-refractivity contribution in [1.29, 1.82) is 0 Å². The summed E-state index contributed by atoms with van der Waals surface area (Å²) in [5.41, 5.74) is 1.16. The van der Waals surface area contributed by atoms with Crippen molar-refractivity contribution in [3.63, 3.8) is 0 Å². The molecule has 2 aliphatic rings. The number of hydrogen-bond acceptors (Lipinski definition) is 2. The molecule has 1 saturated carbocycles. The van der Waals surface area contributed by atoms with E-state index in [-0.39, 0.29) is 24.0 Å². The SMILES string of the molecule is CCNC(=NCC(O)Cc1ccccc1)N1CC2CCCCC2C1.I. The van der Waals surface area contributed by atoms with Crippen LogP contribution in [0.25, 0.3) is 0 Å². The number of aliphatic hydroxyl groups is 1. The Morgan fingerprint density at radius 2 is 1.84 bits per heavy atom. The molecule has 1 aromatic rings. The average molecular weight is 457 g/mol. The molecule has 1 heterocycles. The van der Waals surface area contributed by atoms with Gasteiger partial charge in [-0.2, -0.15) is 0 Å². The Hall–Kier alpha value is -0.820. The summed E-state index contributed by atoms with van der Waals surface area (Å²) in [4.78, 5) is 7.15. The first-order chi connectivity index (χ1) is 11.8. The molecule has 0 radical (unpaired) electrons. The molecule has 5 heteroatoms. The van der Waals surface area contributed by atoms with Gasteiger partial charge in [-0.05, 0) is 37.2 Å². The molecule has 1 aliphatic carbocycles. The molecule has 25 heavy (non-hydrogen) atoms.